The number of rotatable bonds is 7. The van der Waals surface area contributed by atoms with Crippen molar-refractivity contribution in [3.8, 4) is 22.7 Å². The second-order valence-corrected chi connectivity index (χ2v) is 6.31. The highest BCUT2D eigenvalue weighted by Crippen LogP contribution is 2.25. The lowest BCUT2D eigenvalue weighted by molar-refractivity contribution is -0.384. The molecule has 0 bridgehead atoms. The first kappa shape index (κ1) is 20.1. The van der Waals surface area contributed by atoms with Crippen LogP contribution in [0.3, 0.4) is 0 Å². The van der Waals surface area contributed by atoms with E-state index in [-0.39, 0.29) is 11.6 Å². The number of aromatic nitrogens is 2. The van der Waals surface area contributed by atoms with Gasteiger partial charge in [-0.25, -0.2) is 4.68 Å². The fraction of sp³-hybridized carbons (Fsp3) is 0.238. The van der Waals surface area contributed by atoms with Gasteiger partial charge in [0.2, 0.25) is 0 Å². The molecular weight excluding hydrogens is 372 g/mol. The van der Waals surface area contributed by atoms with Crippen molar-refractivity contribution in [2.75, 3.05) is 20.2 Å². The predicted molar refractivity (Wildman–Crippen MR) is 109 cm³/mol. The summed E-state index contributed by atoms with van der Waals surface area (Å²) in [6.07, 6.45) is 0. The monoisotopic (exact) mass is 394 g/mol. The fourth-order valence-electron chi connectivity index (χ4n) is 3.02. The zero-order valence-corrected chi connectivity index (χ0v) is 16.5. The molecule has 8 nitrogen and oxygen atoms in total. The summed E-state index contributed by atoms with van der Waals surface area (Å²) in [5.74, 6) is 0.573. The number of nitrogens with zero attached hydrogens (tertiary/aromatic N) is 4. The molecule has 8 heteroatoms. The standard InChI is InChI=1S/C21H22N4O4/c1-4-23(5-2)21(26)20-14-19(15-6-12-18(29-3)13-7-15)22-24(20)16-8-10-17(11-9-16)25(27)28/h6-14H,4-5H2,1-3H3. The lowest BCUT2D eigenvalue weighted by atomic mass is 10.1. The van der Waals surface area contributed by atoms with Gasteiger partial charge in [-0.1, -0.05) is 0 Å². The summed E-state index contributed by atoms with van der Waals surface area (Å²) in [5.41, 5.74) is 2.41. The highest BCUT2D eigenvalue weighted by Gasteiger charge is 2.21. The van der Waals surface area contributed by atoms with Crippen molar-refractivity contribution < 1.29 is 14.5 Å². The lowest BCUT2D eigenvalue weighted by Crippen LogP contribution is -2.32. The SMILES string of the molecule is CCN(CC)C(=O)c1cc(-c2ccc(OC)cc2)nn1-c1ccc([N+](=O)[O-])cc1. The van der Waals surface area contributed by atoms with Crippen LogP contribution in [0.5, 0.6) is 5.75 Å². The molecule has 0 radical (unpaired) electrons. The zero-order chi connectivity index (χ0) is 21.0. The molecule has 3 aromatic rings. The van der Waals surface area contributed by atoms with Gasteiger partial charge in [0.25, 0.3) is 11.6 Å². The third kappa shape index (κ3) is 4.11. The molecule has 1 heterocycles. The van der Waals surface area contributed by atoms with Crippen LogP contribution in [0.25, 0.3) is 16.9 Å². The Kier molecular flexibility index (Phi) is 5.92. The van der Waals surface area contributed by atoms with Crippen LogP contribution in [0, 0.1) is 10.1 Å². The van der Waals surface area contributed by atoms with Gasteiger partial charge in [-0.05, 0) is 56.3 Å². The van der Waals surface area contributed by atoms with Crippen LogP contribution in [0.1, 0.15) is 24.3 Å². The summed E-state index contributed by atoms with van der Waals surface area (Å²) >= 11 is 0. The van der Waals surface area contributed by atoms with Gasteiger partial charge in [0.15, 0.2) is 0 Å². The topological polar surface area (TPSA) is 90.5 Å². The van der Waals surface area contributed by atoms with Gasteiger partial charge >= 0.3 is 0 Å². The maximum Gasteiger partial charge on any atom is 0.272 e. The summed E-state index contributed by atoms with van der Waals surface area (Å²) in [6.45, 7) is 4.97. The third-order valence-electron chi connectivity index (χ3n) is 4.67. The van der Waals surface area contributed by atoms with Crippen LogP contribution in [0.4, 0.5) is 5.69 Å². The van der Waals surface area contributed by atoms with E-state index in [1.165, 1.54) is 16.8 Å². The largest absolute Gasteiger partial charge is 0.497 e. The number of methoxy groups -OCH3 is 1. The number of amides is 1. The smallest absolute Gasteiger partial charge is 0.272 e. The molecule has 2 aromatic carbocycles. The highest BCUT2D eigenvalue weighted by molar-refractivity contribution is 5.94. The van der Waals surface area contributed by atoms with E-state index in [9.17, 15) is 14.9 Å². The zero-order valence-electron chi connectivity index (χ0n) is 16.5. The van der Waals surface area contributed by atoms with Crippen molar-refractivity contribution >= 4 is 11.6 Å². The Balaban J connectivity index is 2.09. The Bertz CT molecular complexity index is 1010. The van der Waals surface area contributed by atoms with E-state index >= 15 is 0 Å². The lowest BCUT2D eigenvalue weighted by Gasteiger charge is -2.19. The van der Waals surface area contributed by atoms with E-state index in [0.717, 1.165) is 11.3 Å². The van der Waals surface area contributed by atoms with Crippen molar-refractivity contribution in [2.24, 2.45) is 0 Å². The van der Waals surface area contributed by atoms with E-state index in [4.69, 9.17) is 4.74 Å². The van der Waals surface area contributed by atoms with Gasteiger partial charge in [-0.3, -0.25) is 14.9 Å². The Morgan fingerprint density at radius 3 is 2.24 bits per heavy atom. The summed E-state index contributed by atoms with van der Waals surface area (Å²) < 4.78 is 6.72. The number of nitro groups is 1. The van der Waals surface area contributed by atoms with Gasteiger partial charge in [-0.2, -0.15) is 5.10 Å². The molecule has 0 saturated carbocycles. The van der Waals surface area contributed by atoms with Crippen molar-refractivity contribution in [3.63, 3.8) is 0 Å². The van der Waals surface area contributed by atoms with Gasteiger partial charge in [0.1, 0.15) is 11.4 Å². The van der Waals surface area contributed by atoms with Gasteiger partial charge in [-0.15, -0.1) is 0 Å². The predicted octanol–water partition coefficient (Wildman–Crippen LogP) is 3.94. The molecule has 0 aliphatic rings. The van der Waals surface area contributed by atoms with Crippen molar-refractivity contribution in [2.45, 2.75) is 13.8 Å². The van der Waals surface area contributed by atoms with E-state index in [1.54, 1.807) is 30.2 Å². The number of nitro benzene ring substituents is 1. The van der Waals surface area contributed by atoms with Crippen LogP contribution in [0.15, 0.2) is 54.6 Å². The third-order valence-corrected chi connectivity index (χ3v) is 4.67. The number of carbonyl (C=O) groups is 1. The van der Waals surface area contributed by atoms with E-state index in [0.29, 0.717) is 30.2 Å². The molecule has 29 heavy (non-hydrogen) atoms. The first-order valence-electron chi connectivity index (χ1n) is 9.27. The summed E-state index contributed by atoms with van der Waals surface area (Å²) in [7, 11) is 1.60. The van der Waals surface area contributed by atoms with Crippen molar-refractivity contribution in [1.29, 1.82) is 0 Å². The van der Waals surface area contributed by atoms with Crippen molar-refractivity contribution in [1.82, 2.24) is 14.7 Å². The normalized spacial score (nSPS) is 10.6. The Labute approximate surface area is 168 Å². The number of benzene rings is 2. The van der Waals surface area contributed by atoms with Crippen LogP contribution >= 0.6 is 0 Å². The minimum Gasteiger partial charge on any atom is -0.497 e. The van der Waals surface area contributed by atoms with Crippen LogP contribution in [0.2, 0.25) is 0 Å². The Morgan fingerprint density at radius 2 is 1.72 bits per heavy atom. The second-order valence-electron chi connectivity index (χ2n) is 6.31. The average Bonchev–Trinajstić information content (AvgIpc) is 3.20. The van der Waals surface area contributed by atoms with E-state index < -0.39 is 4.92 Å². The number of carbonyl (C=O) groups excluding carboxylic acids is 1. The number of ether oxygens (including phenoxy) is 1. The Hall–Kier alpha value is -3.68. The number of hydrogen-bond donors (Lipinski definition) is 0. The van der Waals surface area contributed by atoms with Gasteiger partial charge < -0.3 is 9.64 Å². The highest BCUT2D eigenvalue weighted by atomic mass is 16.6. The summed E-state index contributed by atoms with van der Waals surface area (Å²) in [6, 6.07) is 15.1. The molecule has 0 atom stereocenters. The first-order valence-corrected chi connectivity index (χ1v) is 9.27. The van der Waals surface area contributed by atoms with Crippen LogP contribution in [-0.2, 0) is 0 Å². The molecule has 1 amide bonds. The second kappa shape index (κ2) is 8.55. The molecule has 0 N–H and O–H groups in total. The minimum absolute atomic E-state index is 0.0205. The Morgan fingerprint density at radius 1 is 1.10 bits per heavy atom. The maximum atomic E-state index is 13.1. The summed E-state index contributed by atoms with van der Waals surface area (Å²) in [5, 5.41) is 15.6. The van der Waals surface area contributed by atoms with Gasteiger partial charge in [0.05, 0.1) is 23.4 Å². The van der Waals surface area contributed by atoms with Crippen molar-refractivity contribution in [3.05, 3.63) is 70.4 Å². The quantitative estimate of drug-likeness (QED) is 0.447. The van der Waals surface area contributed by atoms with E-state index in [2.05, 4.69) is 5.10 Å². The fourth-order valence-corrected chi connectivity index (χ4v) is 3.02. The molecule has 0 fully saturated rings. The molecule has 0 aliphatic carbocycles. The molecule has 0 saturated heterocycles. The molecule has 3 rings (SSSR count). The first-order chi connectivity index (χ1) is 14.0. The van der Waals surface area contributed by atoms with Gasteiger partial charge in [0, 0.05) is 30.8 Å². The minimum atomic E-state index is -0.461. The van der Waals surface area contributed by atoms with Crippen LogP contribution < -0.4 is 4.74 Å². The molecule has 1 aromatic heterocycles. The molecule has 0 unspecified atom stereocenters. The summed E-state index contributed by atoms with van der Waals surface area (Å²) in [4.78, 5) is 25.2. The molecular formula is C21H22N4O4. The maximum absolute atomic E-state index is 13.1. The van der Waals surface area contributed by atoms with E-state index in [1.807, 2.05) is 38.1 Å². The number of non-ortho nitro benzene ring substituents is 1. The molecule has 0 aliphatic heterocycles. The molecule has 0 spiro atoms. The molecule has 150 valence electrons. The van der Waals surface area contributed by atoms with Crippen LogP contribution in [-0.4, -0.2) is 45.7 Å². The number of hydrogen-bond acceptors (Lipinski definition) is 5. The average molecular weight is 394 g/mol.